The SMILES string of the molecule is O=C(Nc1c(F)cccc1F)c1cc(NC(=O)C2C(c3cc(F)cc(C(F)(F)F)c3)C2(Cl)Cl)ccc1Cl. The predicted molar refractivity (Wildman–Crippen MR) is 126 cm³/mol. The number of alkyl halides is 5. The first-order chi connectivity index (χ1) is 17.2. The molecular weight excluding hydrogens is 569 g/mol. The summed E-state index contributed by atoms with van der Waals surface area (Å²) in [5.74, 6) is -7.48. The molecule has 0 heterocycles. The zero-order valence-corrected chi connectivity index (χ0v) is 20.3. The maximum atomic E-state index is 13.9. The van der Waals surface area contributed by atoms with Gasteiger partial charge in [0.1, 0.15) is 27.5 Å². The molecule has 0 radical (unpaired) electrons. The fourth-order valence-electron chi connectivity index (χ4n) is 3.82. The summed E-state index contributed by atoms with van der Waals surface area (Å²) >= 11 is 18.4. The molecule has 1 saturated carbocycles. The number of para-hydroxylation sites is 1. The molecule has 3 aromatic rings. The van der Waals surface area contributed by atoms with Gasteiger partial charge in [0.05, 0.1) is 22.1 Å². The van der Waals surface area contributed by atoms with E-state index < -0.39 is 62.9 Å². The molecule has 1 aliphatic rings. The van der Waals surface area contributed by atoms with Gasteiger partial charge in [0.15, 0.2) is 0 Å². The lowest BCUT2D eigenvalue weighted by molar-refractivity contribution is -0.137. The van der Waals surface area contributed by atoms with Crippen LogP contribution in [0.15, 0.2) is 54.6 Å². The van der Waals surface area contributed by atoms with Crippen molar-refractivity contribution in [3.63, 3.8) is 0 Å². The number of anilines is 2. The molecule has 194 valence electrons. The number of carbonyl (C=O) groups excluding carboxylic acids is 2. The molecule has 1 fully saturated rings. The maximum Gasteiger partial charge on any atom is 0.416 e. The van der Waals surface area contributed by atoms with Crippen LogP contribution in [-0.2, 0) is 11.0 Å². The molecule has 37 heavy (non-hydrogen) atoms. The van der Waals surface area contributed by atoms with Crippen molar-refractivity contribution in [3.05, 3.63) is 93.8 Å². The Morgan fingerprint density at radius 1 is 0.892 bits per heavy atom. The summed E-state index contributed by atoms with van der Waals surface area (Å²) in [6.07, 6.45) is -4.84. The minimum absolute atomic E-state index is 0.00133. The zero-order chi connectivity index (χ0) is 27.3. The van der Waals surface area contributed by atoms with Gasteiger partial charge in [0.25, 0.3) is 5.91 Å². The van der Waals surface area contributed by atoms with Gasteiger partial charge in [-0.05, 0) is 54.1 Å². The number of nitrogens with one attached hydrogen (secondary N) is 2. The minimum Gasteiger partial charge on any atom is -0.326 e. The fraction of sp³-hybridized carbons (Fsp3) is 0.167. The Morgan fingerprint density at radius 2 is 1.54 bits per heavy atom. The van der Waals surface area contributed by atoms with Crippen molar-refractivity contribution in [3.8, 4) is 0 Å². The summed E-state index contributed by atoms with van der Waals surface area (Å²) in [5.41, 5.74) is -2.45. The van der Waals surface area contributed by atoms with Gasteiger partial charge in [-0.3, -0.25) is 9.59 Å². The summed E-state index contributed by atoms with van der Waals surface area (Å²) in [4.78, 5) is 25.5. The molecule has 0 spiro atoms. The monoisotopic (exact) mass is 580 g/mol. The first kappa shape index (κ1) is 27.1. The molecule has 0 aromatic heterocycles. The quantitative estimate of drug-likeness (QED) is 0.241. The van der Waals surface area contributed by atoms with Crippen molar-refractivity contribution in [1.29, 1.82) is 0 Å². The summed E-state index contributed by atoms with van der Waals surface area (Å²) in [7, 11) is 0. The average molecular weight is 582 g/mol. The van der Waals surface area contributed by atoms with Crippen LogP contribution in [0.3, 0.4) is 0 Å². The van der Waals surface area contributed by atoms with Crippen molar-refractivity contribution in [2.75, 3.05) is 10.6 Å². The molecule has 3 aromatic carbocycles. The third-order valence-electron chi connectivity index (χ3n) is 5.62. The van der Waals surface area contributed by atoms with Gasteiger partial charge in [-0.15, -0.1) is 23.2 Å². The molecule has 2 atom stereocenters. The largest absolute Gasteiger partial charge is 0.416 e. The second-order valence-electron chi connectivity index (χ2n) is 8.14. The van der Waals surface area contributed by atoms with E-state index >= 15 is 0 Å². The van der Waals surface area contributed by atoms with Crippen LogP contribution in [0.1, 0.15) is 27.4 Å². The predicted octanol–water partition coefficient (Wildman–Crippen LogP) is 7.55. The van der Waals surface area contributed by atoms with Crippen molar-refractivity contribution < 1.29 is 35.9 Å². The number of hydrogen-bond donors (Lipinski definition) is 2. The topological polar surface area (TPSA) is 58.2 Å². The van der Waals surface area contributed by atoms with E-state index in [2.05, 4.69) is 10.6 Å². The number of halogens is 9. The van der Waals surface area contributed by atoms with Gasteiger partial charge in [-0.1, -0.05) is 17.7 Å². The smallest absolute Gasteiger partial charge is 0.326 e. The van der Waals surface area contributed by atoms with E-state index in [0.29, 0.717) is 12.1 Å². The van der Waals surface area contributed by atoms with E-state index in [4.69, 9.17) is 34.8 Å². The molecule has 2 unspecified atom stereocenters. The highest BCUT2D eigenvalue weighted by Crippen LogP contribution is 2.65. The summed E-state index contributed by atoms with van der Waals surface area (Å²) in [5, 5.41) is 4.37. The van der Waals surface area contributed by atoms with E-state index in [1.165, 1.54) is 12.1 Å². The molecule has 4 nitrogen and oxygen atoms in total. The summed E-state index contributed by atoms with van der Waals surface area (Å²) in [6.45, 7) is 0. The van der Waals surface area contributed by atoms with Crippen molar-refractivity contribution in [1.82, 2.24) is 0 Å². The van der Waals surface area contributed by atoms with E-state index in [-0.39, 0.29) is 21.8 Å². The van der Waals surface area contributed by atoms with Crippen LogP contribution in [0.4, 0.5) is 37.7 Å². The molecule has 13 heteroatoms. The Morgan fingerprint density at radius 3 is 2.16 bits per heavy atom. The number of carbonyl (C=O) groups is 2. The molecule has 0 bridgehead atoms. The first-order valence-corrected chi connectivity index (χ1v) is 11.4. The van der Waals surface area contributed by atoms with Crippen LogP contribution >= 0.6 is 34.8 Å². The standard InChI is InChI=1S/C24H13Cl3F6N2O2/c25-15-5-4-13(9-14(15)21(36)35-20-16(29)2-1-3-17(20)30)34-22(37)19-18(23(19,26)27)10-6-11(24(31,32)33)8-12(28)7-10/h1-9,18-19H,(H,34,37)(H,35,36). The van der Waals surface area contributed by atoms with Crippen molar-refractivity contribution in [2.45, 2.75) is 16.4 Å². The highest BCUT2D eigenvalue weighted by atomic mass is 35.5. The molecule has 1 aliphatic carbocycles. The minimum atomic E-state index is -4.84. The lowest BCUT2D eigenvalue weighted by Gasteiger charge is -2.11. The molecule has 2 amide bonds. The van der Waals surface area contributed by atoms with Gasteiger partial charge in [0, 0.05) is 11.6 Å². The Balaban J connectivity index is 1.54. The highest BCUT2D eigenvalue weighted by Gasteiger charge is 2.67. The van der Waals surface area contributed by atoms with Crippen molar-refractivity contribution >= 4 is 58.0 Å². The van der Waals surface area contributed by atoms with Gasteiger partial charge in [-0.2, -0.15) is 13.2 Å². The lowest BCUT2D eigenvalue weighted by Crippen LogP contribution is -2.19. The van der Waals surface area contributed by atoms with E-state index in [1.54, 1.807) is 0 Å². The molecular formula is C24H13Cl3F6N2O2. The second kappa shape index (κ2) is 9.74. The summed E-state index contributed by atoms with van der Waals surface area (Å²) in [6, 6.07) is 8.38. The van der Waals surface area contributed by atoms with Gasteiger partial charge >= 0.3 is 6.18 Å². The molecule has 4 rings (SSSR count). The lowest BCUT2D eigenvalue weighted by atomic mass is 10.0. The van der Waals surface area contributed by atoms with Crippen LogP contribution in [0.5, 0.6) is 0 Å². The maximum absolute atomic E-state index is 13.9. The Kier molecular flexibility index (Phi) is 7.13. The molecule has 2 N–H and O–H groups in total. The van der Waals surface area contributed by atoms with Crippen LogP contribution in [0, 0.1) is 23.4 Å². The fourth-order valence-corrected chi connectivity index (χ4v) is 4.85. The van der Waals surface area contributed by atoms with E-state index in [1.807, 2.05) is 0 Å². The van der Waals surface area contributed by atoms with Crippen LogP contribution in [-0.4, -0.2) is 16.1 Å². The third kappa shape index (κ3) is 5.51. The number of amides is 2. The van der Waals surface area contributed by atoms with Crippen molar-refractivity contribution in [2.24, 2.45) is 5.92 Å². The van der Waals surface area contributed by atoms with Gasteiger partial charge in [-0.25, -0.2) is 13.2 Å². The Bertz CT molecular complexity index is 1390. The Labute approximate surface area is 220 Å². The molecule has 0 aliphatic heterocycles. The van der Waals surface area contributed by atoms with Gasteiger partial charge in [0.2, 0.25) is 5.91 Å². The number of rotatable bonds is 5. The normalized spacial score (nSPS) is 18.3. The van der Waals surface area contributed by atoms with E-state index in [9.17, 15) is 35.9 Å². The average Bonchev–Trinajstić information content (AvgIpc) is 3.38. The van der Waals surface area contributed by atoms with Crippen LogP contribution in [0.2, 0.25) is 5.02 Å². The Hall–Kier alpha value is -2.95. The zero-order valence-electron chi connectivity index (χ0n) is 18.1. The van der Waals surface area contributed by atoms with Crippen LogP contribution < -0.4 is 10.6 Å². The summed E-state index contributed by atoms with van der Waals surface area (Å²) < 4.78 is 79.0. The number of hydrogen-bond acceptors (Lipinski definition) is 2. The third-order valence-corrected chi connectivity index (χ3v) is 6.89. The first-order valence-electron chi connectivity index (χ1n) is 10.3. The number of benzene rings is 3. The van der Waals surface area contributed by atoms with Gasteiger partial charge < -0.3 is 10.6 Å². The van der Waals surface area contributed by atoms with Crippen LogP contribution in [0.25, 0.3) is 0 Å². The van der Waals surface area contributed by atoms with E-state index in [0.717, 1.165) is 30.3 Å². The highest BCUT2D eigenvalue weighted by molar-refractivity contribution is 6.53. The molecule has 0 saturated heterocycles. The second-order valence-corrected chi connectivity index (χ2v) is 9.99.